The molecule has 96 valence electrons. The molecule has 0 saturated carbocycles. The van der Waals surface area contributed by atoms with Gasteiger partial charge in [-0.25, -0.2) is 9.37 Å². The number of aromatic amines is 1. The van der Waals surface area contributed by atoms with Crippen LogP contribution in [-0.4, -0.2) is 9.97 Å². The lowest BCUT2D eigenvalue weighted by Gasteiger charge is -2.10. The zero-order valence-electron chi connectivity index (χ0n) is 9.27. The normalized spacial score (nSPS) is 11.6. The summed E-state index contributed by atoms with van der Waals surface area (Å²) in [5, 5.41) is 2.46. The molecule has 1 aromatic carbocycles. The lowest BCUT2D eigenvalue weighted by molar-refractivity contribution is -0.137. The summed E-state index contributed by atoms with van der Waals surface area (Å²) in [6.07, 6.45) is -3.03. The predicted octanol–water partition coefficient (Wildman–Crippen LogP) is 3.62. The number of nitrogens with zero attached hydrogens (tertiary/aromatic N) is 1. The number of hydrogen-bond acceptors (Lipinski definition) is 2. The molecule has 0 fully saturated rings. The molecular formula is C11H9F4N3. The van der Waals surface area contributed by atoms with Gasteiger partial charge in [-0.05, 0) is 25.1 Å². The summed E-state index contributed by atoms with van der Waals surface area (Å²) in [6, 6.07) is 2.15. The Morgan fingerprint density at radius 3 is 2.56 bits per heavy atom. The standard InChI is InChI=1S/C11H9F4N3/c1-6-5-16-10(17-6)18-9-4-7(11(13,14)15)2-3-8(9)12/h2-5H,1H3,(H2,16,17,18). The first-order valence-electron chi connectivity index (χ1n) is 5.01. The van der Waals surface area contributed by atoms with Gasteiger partial charge in [0.2, 0.25) is 5.95 Å². The summed E-state index contributed by atoms with van der Waals surface area (Å²) in [5.41, 5.74) is -0.487. The molecule has 7 heteroatoms. The van der Waals surface area contributed by atoms with Crippen LogP contribution in [0.25, 0.3) is 0 Å². The number of aromatic nitrogens is 2. The zero-order chi connectivity index (χ0) is 13.3. The van der Waals surface area contributed by atoms with E-state index in [9.17, 15) is 17.6 Å². The minimum absolute atomic E-state index is 0.186. The smallest absolute Gasteiger partial charge is 0.328 e. The van der Waals surface area contributed by atoms with Crippen LogP contribution in [0.5, 0.6) is 0 Å². The molecule has 0 radical (unpaired) electrons. The van der Waals surface area contributed by atoms with Gasteiger partial charge in [-0.15, -0.1) is 0 Å². The minimum atomic E-state index is -4.51. The highest BCUT2D eigenvalue weighted by atomic mass is 19.4. The number of aryl methyl sites for hydroxylation is 1. The van der Waals surface area contributed by atoms with E-state index in [4.69, 9.17) is 0 Å². The molecule has 2 N–H and O–H groups in total. The second-order valence-corrected chi connectivity index (χ2v) is 3.73. The van der Waals surface area contributed by atoms with Crippen molar-refractivity contribution in [1.29, 1.82) is 0 Å². The topological polar surface area (TPSA) is 40.7 Å². The Hall–Kier alpha value is -2.05. The molecule has 0 aliphatic rings. The monoisotopic (exact) mass is 259 g/mol. The first-order chi connectivity index (χ1) is 8.36. The van der Waals surface area contributed by atoms with Crippen molar-refractivity contribution in [3.63, 3.8) is 0 Å². The lowest BCUT2D eigenvalue weighted by Crippen LogP contribution is -2.06. The van der Waals surface area contributed by atoms with E-state index in [1.807, 2.05) is 0 Å². The predicted molar refractivity (Wildman–Crippen MR) is 58.0 cm³/mol. The SMILES string of the molecule is Cc1cnc(Nc2cc(C(F)(F)F)ccc2F)[nH]1. The molecule has 2 aromatic rings. The van der Waals surface area contributed by atoms with Crippen LogP contribution in [0.15, 0.2) is 24.4 Å². The second kappa shape index (κ2) is 4.32. The molecule has 0 spiro atoms. The van der Waals surface area contributed by atoms with Gasteiger partial charge in [0.1, 0.15) is 5.82 Å². The maximum atomic E-state index is 13.4. The number of benzene rings is 1. The third kappa shape index (κ3) is 2.61. The van der Waals surface area contributed by atoms with Crippen LogP contribution < -0.4 is 5.32 Å². The van der Waals surface area contributed by atoms with Gasteiger partial charge in [-0.1, -0.05) is 0 Å². The van der Waals surface area contributed by atoms with Crippen LogP contribution in [0.1, 0.15) is 11.3 Å². The fraction of sp³-hybridized carbons (Fsp3) is 0.182. The van der Waals surface area contributed by atoms with Crippen molar-refractivity contribution in [1.82, 2.24) is 9.97 Å². The quantitative estimate of drug-likeness (QED) is 0.809. The Kier molecular flexibility index (Phi) is 2.98. The Labute approximate surface area is 99.9 Å². The number of imidazole rings is 1. The van der Waals surface area contributed by atoms with Crippen LogP contribution in [0.3, 0.4) is 0 Å². The molecular weight excluding hydrogens is 250 g/mol. The van der Waals surface area contributed by atoms with Gasteiger partial charge in [0, 0.05) is 11.9 Å². The average molecular weight is 259 g/mol. The lowest BCUT2D eigenvalue weighted by atomic mass is 10.2. The number of halogens is 4. The number of hydrogen-bond donors (Lipinski definition) is 2. The van der Waals surface area contributed by atoms with E-state index in [1.165, 1.54) is 6.20 Å². The van der Waals surface area contributed by atoms with Gasteiger partial charge in [-0.3, -0.25) is 0 Å². The van der Waals surface area contributed by atoms with E-state index in [0.29, 0.717) is 17.8 Å². The summed E-state index contributed by atoms with van der Waals surface area (Å²) in [6.45, 7) is 1.72. The molecule has 0 aliphatic heterocycles. The van der Waals surface area contributed by atoms with Gasteiger partial charge >= 0.3 is 6.18 Å². The highest BCUT2D eigenvalue weighted by Gasteiger charge is 2.31. The highest BCUT2D eigenvalue weighted by molar-refractivity contribution is 5.56. The number of anilines is 2. The molecule has 0 bridgehead atoms. The average Bonchev–Trinajstić information content (AvgIpc) is 2.66. The largest absolute Gasteiger partial charge is 0.416 e. The van der Waals surface area contributed by atoms with Gasteiger partial charge in [0.25, 0.3) is 0 Å². The van der Waals surface area contributed by atoms with Crippen molar-refractivity contribution in [3.05, 3.63) is 41.5 Å². The highest BCUT2D eigenvalue weighted by Crippen LogP contribution is 2.32. The van der Waals surface area contributed by atoms with Gasteiger partial charge < -0.3 is 10.3 Å². The Bertz CT molecular complexity index is 560. The van der Waals surface area contributed by atoms with Crippen LogP contribution in [0.4, 0.5) is 29.2 Å². The molecule has 0 atom stereocenters. The summed E-state index contributed by atoms with van der Waals surface area (Å²) in [5.74, 6) is -0.595. The fourth-order valence-corrected chi connectivity index (χ4v) is 1.40. The van der Waals surface area contributed by atoms with Crippen LogP contribution in [0, 0.1) is 12.7 Å². The second-order valence-electron chi connectivity index (χ2n) is 3.73. The van der Waals surface area contributed by atoms with Crippen molar-refractivity contribution in [2.75, 3.05) is 5.32 Å². The molecule has 2 rings (SSSR count). The van der Waals surface area contributed by atoms with Crippen molar-refractivity contribution < 1.29 is 17.6 Å². The molecule has 1 aromatic heterocycles. The van der Waals surface area contributed by atoms with Crippen molar-refractivity contribution >= 4 is 11.6 Å². The minimum Gasteiger partial charge on any atom is -0.328 e. The number of rotatable bonds is 2. The molecule has 1 heterocycles. The zero-order valence-corrected chi connectivity index (χ0v) is 9.27. The number of H-pyrrole nitrogens is 1. The number of nitrogens with one attached hydrogen (secondary N) is 2. The summed E-state index contributed by atoms with van der Waals surface area (Å²) < 4.78 is 50.8. The van der Waals surface area contributed by atoms with Crippen LogP contribution >= 0.6 is 0 Å². The van der Waals surface area contributed by atoms with E-state index >= 15 is 0 Å². The Balaban J connectivity index is 2.32. The third-order valence-corrected chi connectivity index (χ3v) is 2.25. The Morgan fingerprint density at radius 1 is 1.28 bits per heavy atom. The van der Waals surface area contributed by atoms with Crippen LogP contribution in [-0.2, 0) is 6.18 Å². The van der Waals surface area contributed by atoms with Crippen molar-refractivity contribution in [2.45, 2.75) is 13.1 Å². The molecule has 3 nitrogen and oxygen atoms in total. The third-order valence-electron chi connectivity index (χ3n) is 2.25. The van der Waals surface area contributed by atoms with Gasteiger partial charge in [0.15, 0.2) is 0 Å². The molecule has 18 heavy (non-hydrogen) atoms. The number of alkyl halides is 3. The maximum absolute atomic E-state index is 13.4. The van der Waals surface area contributed by atoms with Crippen LogP contribution in [0.2, 0.25) is 0 Å². The molecule has 0 aliphatic carbocycles. The van der Waals surface area contributed by atoms with E-state index < -0.39 is 17.6 Å². The maximum Gasteiger partial charge on any atom is 0.416 e. The summed E-state index contributed by atoms with van der Waals surface area (Å²) in [7, 11) is 0. The van der Waals surface area contributed by atoms with E-state index in [-0.39, 0.29) is 11.6 Å². The van der Waals surface area contributed by atoms with Gasteiger partial charge in [-0.2, -0.15) is 13.2 Å². The van der Waals surface area contributed by atoms with E-state index in [2.05, 4.69) is 15.3 Å². The summed E-state index contributed by atoms with van der Waals surface area (Å²) >= 11 is 0. The van der Waals surface area contributed by atoms with Gasteiger partial charge in [0.05, 0.1) is 11.3 Å². The molecule has 0 saturated heterocycles. The Morgan fingerprint density at radius 2 is 2.00 bits per heavy atom. The first-order valence-corrected chi connectivity index (χ1v) is 5.01. The van der Waals surface area contributed by atoms with E-state index in [0.717, 1.165) is 6.07 Å². The molecule has 0 unspecified atom stereocenters. The van der Waals surface area contributed by atoms with Crippen molar-refractivity contribution in [2.24, 2.45) is 0 Å². The van der Waals surface area contributed by atoms with E-state index in [1.54, 1.807) is 6.92 Å². The molecule has 0 amide bonds. The van der Waals surface area contributed by atoms with Crippen molar-refractivity contribution in [3.8, 4) is 0 Å². The summed E-state index contributed by atoms with van der Waals surface area (Å²) in [4.78, 5) is 6.57. The fourth-order valence-electron chi connectivity index (χ4n) is 1.40. The first kappa shape index (κ1) is 12.4.